The fraction of sp³-hybridized carbons (Fsp3) is 0.467. The summed E-state index contributed by atoms with van der Waals surface area (Å²) in [5.74, 6) is -0.0839. The standard InChI is InChI=1S/C15H21N2O5/c1-5-21-14(18)9-22-13-8-6-7-12-15(13)16(19)10(2)11(3)17(12)20-4/h6-8,11,19H,5,9H2,1-4H3/q+1. The summed E-state index contributed by atoms with van der Waals surface area (Å²) >= 11 is 0. The maximum Gasteiger partial charge on any atom is 0.344 e. The lowest BCUT2D eigenvalue weighted by molar-refractivity contribution is -0.715. The molecule has 0 aromatic heterocycles. The quantitative estimate of drug-likeness (QED) is 0.509. The third-order valence-corrected chi connectivity index (χ3v) is 3.56. The van der Waals surface area contributed by atoms with Crippen LogP contribution in [0.5, 0.6) is 5.75 Å². The van der Waals surface area contributed by atoms with Crippen LogP contribution in [-0.4, -0.2) is 48.0 Å². The maximum absolute atomic E-state index is 11.4. The monoisotopic (exact) mass is 309 g/mol. The van der Waals surface area contributed by atoms with Gasteiger partial charge in [-0.1, -0.05) is 6.07 Å². The molecule has 1 heterocycles. The molecule has 7 nitrogen and oxygen atoms in total. The zero-order valence-corrected chi connectivity index (χ0v) is 13.2. The Morgan fingerprint density at radius 1 is 1.45 bits per heavy atom. The van der Waals surface area contributed by atoms with Gasteiger partial charge in [-0.2, -0.15) is 0 Å². The highest BCUT2D eigenvalue weighted by Crippen LogP contribution is 2.40. The van der Waals surface area contributed by atoms with Crippen molar-refractivity contribution in [3.8, 4) is 5.75 Å². The summed E-state index contributed by atoms with van der Waals surface area (Å²) in [5, 5.41) is 12.1. The van der Waals surface area contributed by atoms with Crippen molar-refractivity contribution in [2.45, 2.75) is 26.8 Å². The molecule has 0 bridgehead atoms. The third-order valence-electron chi connectivity index (χ3n) is 3.56. The molecule has 1 aromatic rings. The van der Waals surface area contributed by atoms with Crippen molar-refractivity contribution in [3.05, 3.63) is 18.2 Å². The molecule has 1 aliphatic rings. The van der Waals surface area contributed by atoms with Crippen LogP contribution in [0.4, 0.5) is 11.4 Å². The molecule has 7 heteroatoms. The van der Waals surface area contributed by atoms with Gasteiger partial charge < -0.3 is 9.47 Å². The minimum absolute atomic E-state index is 0.136. The summed E-state index contributed by atoms with van der Waals surface area (Å²) in [6, 6.07) is 5.12. The largest absolute Gasteiger partial charge is 0.475 e. The molecule has 120 valence electrons. The number of hydrogen-bond donors (Lipinski definition) is 1. The number of benzene rings is 1. The van der Waals surface area contributed by atoms with E-state index in [-0.39, 0.29) is 12.6 Å². The highest BCUT2D eigenvalue weighted by Gasteiger charge is 2.39. The first-order valence-electron chi connectivity index (χ1n) is 7.08. The van der Waals surface area contributed by atoms with Crippen molar-refractivity contribution in [3.63, 3.8) is 0 Å². The zero-order valence-electron chi connectivity index (χ0n) is 13.2. The number of ether oxygens (including phenoxy) is 2. The summed E-state index contributed by atoms with van der Waals surface area (Å²) in [4.78, 5) is 16.8. The molecule has 2 rings (SSSR count). The Hall–Kier alpha value is -2.28. The van der Waals surface area contributed by atoms with Crippen molar-refractivity contribution in [2.24, 2.45) is 0 Å². The van der Waals surface area contributed by atoms with E-state index in [0.29, 0.717) is 29.4 Å². The first kappa shape index (κ1) is 16.1. The first-order chi connectivity index (χ1) is 10.5. The maximum atomic E-state index is 11.4. The molecular weight excluding hydrogens is 288 g/mol. The topological polar surface area (TPSA) is 71.2 Å². The lowest BCUT2D eigenvalue weighted by atomic mass is 10.1. The second-order valence-electron chi connectivity index (χ2n) is 4.86. The molecule has 0 amide bonds. The number of nitrogens with zero attached hydrogens (tertiary/aromatic N) is 2. The lowest BCUT2D eigenvalue weighted by Crippen LogP contribution is -2.43. The van der Waals surface area contributed by atoms with Crippen LogP contribution in [-0.2, 0) is 14.4 Å². The molecule has 0 fully saturated rings. The predicted molar refractivity (Wildman–Crippen MR) is 79.9 cm³/mol. The van der Waals surface area contributed by atoms with Crippen molar-refractivity contribution in [2.75, 3.05) is 25.4 Å². The van der Waals surface area contributed by atoms with Gasteiger partial charge in [0.1, 0.15) is 11.7 Å². The Morgan fingerprint density at radius 3 is 2.82 bits per heavy atom. The summed E-state index contributed by atoms with van der Waals surface area (Å²) in [7, 11) is 1.56. The Kier molecular flexibility index (Phi) is 4.87. The number of para-hydroxylation sites is 1. The van der Waals surface area contributed by atoms with Crippen LogP contribution < -0.4 is 9.80 Å². The van der Waals surface area contributed by atoms with Crippen LogP contribution in [0.25, 0.3) is 0 Å². The Bertz CT molecular complexity index is 600. The van der Waals surface area contributed by atoms with Crippen molar-refractivity contribution in [1.82, 2.24) is 0 Å². The summed E-state index contributed by atoms with van der Waals surface area (Å²) in [6.07, 6.45) is 0. The molecule has 1 aromatic carbocycles. The first-order valence-corrected chi connectivity index (χ1v) is 7.08. The van der Waals surface area contributed by atoms with Crippen molar-refractivity contribution < 1.29 is 29.1 Å². The van der Waals surface area contributed by atoms with Gasteiger partial charge in [-0.15, -0.1) is 0 Å². The minimum Gasteiger partial charge on any atom is -0.475 e. The number of carbonyl (C=O) groups excluding carboxylic acids is 1. The van der Waals surface area contributed by atoms with Gasteiger partial charge in [0.2, 0.25) is 5.71 Å². The van der Waals surface area contributed by atoms with E-state index >= 15 is 0 Å². The van der Waals surface area contributed by atoms with Gasteiger partial charge in [0.05, 0.1) is 13.7 Å². The molecule has 1 unspecified atom stereocenters. The van der Waals surface area contributed by atoms with Crippen LogP contribution in [0.3, 0.4) is 0 Å². The SMILES string of the molecule is CCOC(=O)COc1cccc2c1[N+](O)=C(C)C(C)N2OC. The highest BCUT2D eigenvalue weighted by molar-refractivity contribution is 5.90. The fourth-order valence-corrected chi connectivity index (χ4v) is 2.35. The van der Waals surface area contributed by atoms with Crippen LogP contribution in [0, 0.1) is 0 Å². The van der Waals surface area contributed by atoms with E-state index in [1.54, 1.807) is 38.2 Å². The normalized spacial score (nSPS) is 17.3. The van der Waals surface area contributed by atoms with E-state index in [1.807, 2.05) is 13.0 Å². The average molecular weight is 309 g/mol. The smallest absolute Gasteiger partial charge is 0.344 e. The Labute approximate surface area is 129 Å². The molecular formula is C15H21N2O5+. The van der Waals surface area contributed by atoms with Crippen molar-refractivity contribution in [1.29, 1.82) is 0 Å². The fourth-order valence-electron chi connectivity index (χ4n) is 2.35. The van der Waals surface area contributed by atoms with Gasteiger partial charge >= 0.3 is 11.7 Å². The van der Waals surface area contributed by atoms with E-state index in [2.05, 4.69) is 0 Å². The Balaban J connectivity index is 2.37. The minimum atomic E-state index is -0.460. The molecule has 0 spiro atoms. The summed E-state index contributed by atoms with van der Waals surface area (Å²) in [5.41, 5.74) is 1.77. The van der Waals surface area contributed by atoms with Gasteiger partial charge in [0, 0.05) is 11.7 Å². The number of hydrogen-bond acceptors (Lipinski definition) is 6. The molecule has 22 heavy (non-hydrogen) atoms. The summed E-state index contributed by atoms with van der Waals surface area (Å²) < 4.78 is 11.4. The van der Waals surface area contributed by atoms with Gasteiger partial charge in [-0.05, 0) is 26.0 Å². The van der Waals surface area contributed by atoms with E-state index in [0.717, 1.165) is 4.74 Å². The molecule has 0 radical (unpaired) electrons. The van der Waals surface area contributed by atoms with Gasteiger partial charge in [0.15, 0.2) is 12.4 Å². The van der Waals surface area contributed by atoms with E-state index < -0.39 is 5.97 Å². The Morgan fingerprint density at radius 2 is 2.18 bits per heavy atom. The van der Waals surface area contributed by atoms with Gasteiger partial charge in [-0.3, -0.25) is 10.0 Å². The van der Waals surface area contributed by atoms with Crippen LogP contribution in [0.2, 0.25) is 0 Å². The molecule has 1 N–H and O–H groups in total. The number of carbonyl (C=O) groups is 1. The molecule has 0 aliphatic carbocycles. The number of esters is 1. The predicted octanol–water partition coefficient (Wildman–Crippen LogP) is 1.89. The molecule has 1 atom stereocenters. The van der Waals surface area contributed by atoms with E-state index in [1.165, 1.54) is 0 Å². The molecule has 0 saturated heterocycles. The van der Waals surface area contributed by atoms with Gasteiger partial charge in [-0.25, -0.2) is 9.86 Å². The van der Waals surface area contributed by atoms with Crippen LogP contribution in [0.15, 0.2) is 18.2 Å². The second kappa shape index (κ2) is 6.65. The molecule has 0 saturated carbocycles. The highest BCUT2D eigenvalue weighted by atomic mass is 16.7. The van der Waals surface area contributed by atoms with E-state index in [4.69, 9.17) is 14.3 Å². The number of hydroxylamine groups is 1. The van der Waals surface area contributed by atoms with Crippen molar-refractivity contribution >= 4 is 23.1 Å². The lowest BCUT2D eigenvalue weighted by Gasteiger charge is -2.30. The molecule has 1 aliphatic heterocycles. The third kappa shape index (κ3) is 2.85. The zero-order chi connectivity index (χ0) is 16.3. The number of rotatable bonds is 5. The summed E-state index contributed by atoms with van der Waals surface area (Å²) in [6.45, 7) is 5.51. The van der Waals surface area contributed by atoms with Crippen LogP contribution in [0.1, 0.15) is 20.8 Å². The second-order valence-corrected chi connectivity index (χ2v) is 4.86. The number of fused-ring (bicyclic) bond motifs is 1. The van der Waals surface area contributed by atoms with Gasteiger partial charge in [0.25, 0.3) is 0 Å². The van der Waals surface area contributed by atoms with E-state index in [9.17, 15) is 10.0 Å². The van der Waals surface area contributed by atoms with Crippen LogP contribution >= 0.6 is 0 Å². The average Bonchev–Trinajstić information content (AvgIpc) is 2.51. The number of anilines is 1.